The van der Waals surface area contributed by atoms with Crippen molar-refractivity contribution in [2.24, 2.45) is 0 Å². The summed E-state index contributed by atoms with van der Waals surface area (Å²) >= 11 is 6.18. The molecule has 1 aliphatic rings. The van der Waals surface area contributed by atoms with E-state index in [9.17, 15) is 4.79 Å². The minimum absolute atomic E-state index is 0.298. The maximum absolute atomic E-state index is 13.8. The van der Waals surface area contributed by atoms with E-state index in [0.29, 0.717) is 51.0 Å². The maximum atomic E-state index is 13.8. The van der Waals surface area contributed by atoms with Crippen LogP contribution in [-0.4, -0.2) is 42.0 Å². The summed E-state index contributed by atoms with van der Waals surface area (Å²) in [5.41, 5.74) is 3.25. The van der Waals surface area contributed by atoms with Crippen LogP contribution in [0.3, 0.4) is 0 Å². The van der Waals surface area contributed by atoms with Gasteiger partial charge in [0.05, 0.1) is 32.6 Å². The number of aromatic nitrogens is 3. The number of carbonyl (C=O) groups excluding carboxylic acids is 1. The predicted octanol–water partition coefficient (Wildman–Crippen LogP) is 5.55. The Bertz CT molecular complexity index is 1530. The molecule has 1 amide bonds. The molecule has 2 heterocycles. The van der Waals surface area contributed by atoms with E-state index in [-0.39, 0.29) is 5.91 Å². The SMILES string of the molecule is COc1ccccc1NC(=O)C1=C(C)Nc2nc(-c3ccc(OC)c(OC)c3)nn2C1c1ccc(Cl)cc1. The number of carbonyl (C=O) groups is 1. The maximum Gasteiger partial charge on any atom is 0.255 e. The zero-order chi connectivity index (χ0) is 26.8. The minimum Gasteiger partial charge on any atom is -0.495 e. The number of amides is 1. The normalized spacial score (nSPS) is 14.4. The molecule has 5 rings (SSSR count). The summed E-state index contributed by atoms with van der Waals surface area (Å²) < 4.78 is 17.9. The number of fused-ring (bicyclic) bond motifs is 1. The molecule has 0 saturated carbocycles. The van der Waals surface area contributed by atoms with Gasteiger partial charge in [-0.1, -0.05) is 35.9 Å². The monoisotopic (exact) mass is 531 g/mol. The van der Waals surface area contributed by atoms with Crippen molar-refractivity contribution < 1.29 is 19.0 Å². The molecule has 1 atom stereocenters. The summed E-state index contributed by atoms with van der Waals surface area (Å²) in [4.78, 5) is 18.5. The van der Waals surface area contributed by atoms with Crippen LogP contribution >= 0.6 is 11.6 Å². The van der Waals surface area contributed by atoms with E-state index in [1.165, 1.54) is 0 Å². The molecule has 0 fully saturated rings. The van der Waals surface area contributed by atoms with Crippen molar-refractivity contribution in [2.45, 2.75) is 13.0 Å². The highest BCUT2D eigenvalue weighted by Crippen LogP contribution is 2.39. The van der Waals surface area contributed by atoms with E-state index in [1.807, 2.05) is 43.3 Å². The fraction of sp³-hybridized carbons (Fsp3) is 0.179. The average molecular weight is 532 g/mol. The van der Waals surface area contributed by atoms with E-state index in [2.05, 4.69) is 10.6 Å². The fourth-order valence-electron chi connectivity index (χ4n) is 4.43. The van der Waals surface area contributed by atoms with Crippen molar-refractivity contribution in [2.75, 3.05) is 32.0 Å². The largest absolute Gasteiger partial charge is 0.495 e. The summed E-state index contributed by atoms with van der Waals surface area (Å²) in [7, 11) is 4.72. The molecule has 10 heteroatoms. The molecule has 194 valence electrons. The van der Waals surface area contributed by atoms with E-state index in [4.69, 9.17) is 35.9 Å². The quantitative estimate of drug-likeness (QED) is 0.322. The molecule has 0 bridgehead atoms. The first-order chi connectivity index (χ1) is 18.4. The Morgan fingerprint density at radius 2 is 1.66 bits per heavy atom. The second kappa shape index (κ2) is 10.5. The van der Waals surface area contributed by atoms with Crippen LogP contribution in [0.1, 0.15) is 18.5 Å². The Kier molecular flexibility index (Phi) is 6.93. The highest BCUT2D eigenvalue weighted by molar-refractivity contribution is 6.30. The average Bonchev–Trinajstić information content (AvgIpc) is 3.36. The second-order valence-electron chi connectivity index (χ2n) is 8.55. The predicted molar refractivity (Wildman–Crippen MR) is 146 cm³/mol. The Morgan fingerprint density at radius 3 is 2.37 bits per heavy atom. The second-order valence-corrected chi connectivity index (χ2v) is 8.98. The topological polar surface area (TPSA) is 99.5 Å². The lowest BCUT2D eigenvalue weighted by Crippen LogP contribution is -2.31. The highest BCUT2D eigenvalue weighted by Gasteiger charge is 2.35. The Labute approximate surface area is 225 Å². The van der Waals surface area contributed by atoms with E-state index < -0.39 is 6.04 Å². The first kappa shape index (κ1) is 25.2. The number of anilines is 2. The molecule has 2 N–H and O–H groups in total. The van der Waals surface area contributed by atoms with Gasteiger partial charge in [-0.15, -0.1) is 5.10 Å². The Balaban J connectivity index is 1.59. The van der Waals surface area contributed by atoms with E-state index in [1.54, 1.807) is 56.3 Å². The molecule has 0 spiro atoms. The zero-order valence-corrected chi connectivity index (χ0v) is 22.0. The standard InChI is InChI=1S/C28H26ClN5O4/c1-16-24(27(35)31-20-7-5-6-8-21(20)36-2)25(17-9-12-19(29)13-10-17)34-28(30-16)32-26(33-34)18-11-14-22(37-3)23(15-18)38-4/h5-15,25H,1-4H3,(H,31,35)(H,30,32,33). The number of hydrogen-bond donors (Lipinski definition) is 2. The summed E-state index contributed by atoms with van der Waals surface area (Å²) in [6.07, 6.45) is 0. The number of allylic oxidation sites excluding steroid dienone is 1. The van der Waals surface area contributed by atoms with Crippen LogP contribution in [-0.2, 0) is 4.79 Å². The molecule has 4 aromatic rings. The number of hydrogen-bond acceptors (Lipinski definition) is 7. The van der Waals surface area contributed by atoms with Crippen LogP contribution in [0.2, 0.25) is 5.02 Å². The lowest BCUT2D eigenvalue weighted by Gasteiger charge is -2.28. The molecule has 1 aromatic heterocycles. The first-order valence-electron chi connectivity index (χ1n) is 11.8. The minimum atomic E-state index is -0.570. The van der Waals surface area contributed by atoms with Crippen molar-refractivity contribution in [3.05, 3.63) is 88.6 Å². The number of methoxy groups -OCH3 is 3. The molecule has 0 aliphatic carbocycles. The zero-order valence-electron chi connectivity index (χ0n) is 21.3. The fourth-order valence-corrected chi connectivity index (χ4v) is 4.56. The molecule has 38 heavy (non-hydrogen) atoms. The number of para-hydroxylation sites is 2. The van der Waals surface area contributed by atoms with Crippen LogP contribution in [0.5, 0.6) is 17.2 Å². The Morgan fingerprint density at radius 1 is 0.947 bits per heavy atom. The number of ether oxygens (including phenoxy) is 3. The number of nitrogens with zero attached hydrogens (tertiary/aromatic N) is 3. The molecule has 3 aromatic carbocycles. The van der Waals surface area contributed by atoms with E-state index in [0.717, 1.165) is 11.1 Å². The third kappa shape index (κ3) is 4.64. The van der Waals surface area contributed by atoms with Gasteiger partial charge in [-0.2, -0.15) is 4.98 Å². The first-order valence-corrected chi connectivity index (χ1v) is 12.2. The van der Waals surface area contributed by atoms with Crippen molar-refractivity contribution in [3.63, 3.8) is 0 Å². The van der Waals surface area contributed by atoms with Crippen molar-refractivity contribution in [1.29, 1.82) is 0 Å². The van der Waals surface area contributed by atoms with Gasteiger partial charge in [0.1, 0.15) is 11.8 Å². The van der Waals surface area contributed by atoms with Gasteiger partial charge in [-0.05, 0) is 55.0 Å². The molecule has 0 radical (unpaired) electrons. The third-order valence-corrected chi connectivity index (χ3v) is 6.53. The van der Waals surface area contributed by atoms with Gasteiger partial charge in [0.15, 0.2) is 17.3 Å². The molecular formula is C28H26ClN5O4. The van der Waals surface area contributed by atoms with Crippen LogP contribution in [0.4, 0.5) is 11.6 Å². The van der Waals surface area contributed by atoms with Gasteiger partial charge in [0.25, 0.3) is 5.91 Å². The molecule has 1 aliphatic heterocycles. The smallest absolute Gasteiger partial charge is 0.255 e. The van der Waals surface area contributed by atoms with Gasteiger partial charge >= 0.3 is 0 Å². The number of rotatable bonds is 7. The molecule has 9 nitrogen and oxygen atoms in total. The highest BCUT2D eigenvalue weighted by atomic mass is 35.5. The van der Waals surface area contributed by atoms with Gasteiger partial charge in [-0.3, -0.25) is 4.79 Å². The van der Waals surface area contributed by atoms with Crippen molar-refractivity contribution in [3.8, 4) is 28.6 Å². The van der Waals surface area contributed by atoms with Crippen molar-refractivity contribution >= 4 is 29.1 Å². The van der Waals surface area contributed by atoms with E-state index >= 15 is 0 Å². The van der Waals surface area contributed by atoms with Gasteiger partial charge in [-0.25, -0.2) is 4.68 Å². The lowest BCUT2D eigenvalue weighted by molar-refractivity contribution is -0.113. The summed E-state index contributed by atoms with van der Waals surface area (Å²) in [6.45, 7) is 1.84. The molecule has 1 unspecified atom stereocenters. The van der Waals surface area contributed by atoms with Crippen LogP contribution in [0, 0.1) is 0 Å². The van der Waals surface area contributed by atoms with Gasteiger partial charge in [0, 0.05) is 16.3 Å². The van der Waals surface area contributed by atoms with Gasteiger partial charge in [0.2, 0.25) is 5.95 Å². The molecular weight excluding hydrogens is 506 g/mol. The summed E-state index contributed by atoms with van der Waals surface area (Å²) in [6, 6.07) is 19.5. The lowest BCUT2D eigenvalue weighted by atomic mass is 9.95. The third-order valence-electron chi connectivity index (χ3n) is 6.28. The Hall–Kier alpha value is -4.50. The number of nitrogens with one attached hydrogen (secondary N) is 2. The summed E-state index contributed by atoms with van der Waals surface area (Å²) in [5, 5.41) is 11.6. The van der Waals surface area contributed by atoms with Crippen LogP contribution in [0.15, 0.2) is 78.0 Å². The number of halogens is 1. The molecule has 0 saturated heterocycles. The number of benzene rings is 3. The summed E-state index contributed by atoms with van der Waals surface area (Å²) in [5.74, 6) is 2.39. The van der Waals surface area contributed by atoms with Crippen molar-refractivity contribution in [1.82, 2.24) is 14.8 Å². The van der Waals surface area contributed by atoms with Gasteiger partial charge < -0.3 is 24.8 Å². The van der Waals surface area contributed by atoms with Crippen LogP contribution in [0.25, 0.3) is 11.4 Å². The van der Waals surface area contributed by atoms with Crippen LogP contribution < -0.4 is 24.8 Å².